The topological polar surface area (TPSA) is 113 Å². The first kappa shape index (κ1) is 27.9. The Bertz CT molecular complexity index is 1050. The molecule has 35 heavy (non-hydrogen) atoms. The maximum atomic E-state index is 13.5. The third kappa shape index (κ3) is 7.60. The van der Waals surface area contributed by atoms with Crippen molar-refractivity contribution in [1.82, 2.24) is 4.90 Å². The number of hydrogen-bond acceptors (Lipinski definition) is 6. The number of carbonyl (C=O) groups excluding carboxylic acids is 1. The van der Waals surface area contributed by atoms with Crippen molar-refractivity contribution >= 4 is 17.9 Å². The Morgan fingerprint density at radius 1 is 1.06 bits per heavy atom. The van der Waals surface area contributed by atoms with Crippen LogP contribution in [0.15, 0.2) is 42.5 Å². The lowest BCUT2D eigenvalue weighted by Crippen LogP contribution is -2.29. The second kappa shape index (κ2) is 11.4. The monoisotopic (exact) mass is 489 g/mol. The highest BCUT2D eigenvalue weighted by molar-refractivity contribution is 6.27. The molecule has 1 aliphatic heterocycles. The van der Waals surface area contributed by atoms with Gasteiger partial charge in [0.2, 0.25) is 0 Å². The van der Waals surface area contributed by atoms with Crippen molar-refractivity contribution in [2.45, 2.75) is 51.4 Å². The summed E-state index contributed by atoms with van der Waals surface area (Å²) in [6, 6.07) is 12.1. The fraction of sp³-hybridized carbons (Fsp3) is 0.423. The predicted octanol–water partition coefficient (Wildman–Crippen LogP) is 4.05. The number of aliphatic carboxylic acids is 2. The molecule has 0 saturated carbocycles. The molecule has 2 N–H and O–H groups in total. The lowest BCUT2D eigenvalue weighted by molar-refractivity contribution is -0.159. The van der Waals surface area contributed by atoms with Crippen LogP contribution < -0.4 is 0 Å². The molecule has 1 aliphatic rings. The number of hydrogen-bond donors (Lipinski definition) is 2. The van der Waals surface area contributed by atoms with Gasteiger partial charge in [-0.3, -0.25) is 0 Å². The van der Waals surface area contributed by atoms with E-state index in [4.69, 9.17) is 29.3 Å². The molecular weight excluding hydrogens is 457 g/mol. The number of fused-ring (bicyclic) bond motifs is 1. The van der Waals surface area contributed by atoms with Crippen molar-refractivity contribution in [1.29, 1.82) is 0 Å². The molecular formula is C26H32FNO7. The van der Waals surface area contributed by atoms with Gasteiger partial charge in [-0.15, -0.1) is 0 Å². The molecule has 9 heteroatoms. The van der Waals surface area contributed by atoms with Crippen LogP contribution in [0.3, 0.4) is 0 Å². The number of rotatable bonds is 6. The first-order chi connectivity index (χ1) is 16.2. The van der Waals surface area contributed by atoms with Crippen molar-refractivity contribution < 1.29 is 38.5 Å². The van der Waals surface area contributed by atoms with E-state index < -0.39 is 23.1 Å². The van der Waals surface area contributed by atoms with E-state index in [1.807, 2.05) is 47.0 Å². The summed E-state index contributed by atoms with van der Waals surface area (Å²) in [6.07, 6.45) is 1.70. The third-order valence-corrected chi connectivity index (χ3v) is 5.28. The molecule has 0 radical (unpaired) electrons. The minimum absolute atomic E-state index is 0.268. The number of nitrogens with zero attached hydrogens (tertiary/aromatic N) is 1. The number of carboxylic acid groups (broad SMARTS) is 2. The largest absolute Gasteiger partial charge is 0.473 e. The quantitative estimate of drug-likeness (QED) is 0.462. The molecule has 0 aromatic heterocycles. The van der Waals surface area contributed by atoms with Gasteiger partial charge in [-0.1, -0.05) is 18.2 Å². The van der Waals surface area contributed by atoms with Gasteiger partial charge in [0.25, 0.3) is 0 Å². The highest BCUT2D eigenvalue weighted by atomic mass is 19.1. The summed E-state index contributed by atoms with van der Waals surface area (Å²) in [5.41, 5.74) is 2.28. The zero-order valence-corrected chi connectivity index (χ0v) is 20.6. The number of halogens is 1. The first-order valence-electron chi connectivity index (χ1n) is 11.1. The summed E-state index contributed by atoms with van der Waals surface area (Å²) in [4.78, 5) is 32.8. The standard InChI is InChI=1S/C24H30FNO3.C2H2O4/c1-23(2,3)29-22(27)17-7-12-21-18(15-17)16-28-24(21,13-6-14-26(4)5)19-8-10-20(25)11-9-19;3-1(4)2(5)6/h7-12,15H,6,13-14,16H2,1-5H3;(H,3,4)(H,5,6). The van der Waals surface area contributed by atoms with Crippen molar-refractivity contribution in [2.24, 2.45) is 0 Å². The van der Waals surface area contributed by atoms with Crippen LogP contribution in [0.1, 0.15) is 60.7 Å². The molecule has 1 unspecified atom stereocenters. The third-order valence-electron chi connectivity index (χ3n) is 5.28. The highest BCUT2D eigenvalue weighted by Gasteiger charge is 2.41. The van der Waals surface area contributed by atoms with Crippen LogP contribution in [0.4, 0.5) is 4.39 Å². The Balaban J connectivity index is 0.000000641. The maximum Gasteiger partial charge on any atom is 0.414 e. The molecule has 8 nitrogen and oxygen atoms in total. The molecule has 3 rings (SSSR count). The Morgan fingerprint density at radius 3 is 2.17 bits per heavy atom. The molecule has 0 saturated heterocycles. The van der Waals surface area contributed by atoms with Gasteiger partial charge < -0.3 is 24.6 Å². The summed E-state index contributed by atoms with van der Waals surface area (Å²) >= 11 is 0. The highest BCUT2D eigenvalue weighted by Crippen LogP contribution is 2.45. The first-order valence-corrected chi connectivity index (χ1v) is 11.1. The van der Waals surface area contributed by atoms with E-state index >= 15 is 0 Å². The minimum atomic E-state index is -1.82. The van der Waals surface area contributed by atoms with E-state index in [-0.39, 0.29) is 11.8 Å². The van der Waals surface area contributed by atoms with Gasteiger partial charge in [0.05, 0.1) is 12.2 Å². The van der Waals surface area contributed by atoms with Crippen molar-refractivity contribution in [2.75, 3.05) is 20.6 Å². The Morgan fingerprint density at radius 2 is 1.66 bits per heavy atom. The molecule has 0 bridgehead atoms. The minimum Gasteiger partial charge on any atom is -0.473 e. The van der Waals surface area contributed by atoms with Gasteiger partial charge in [0, 0.05) is 0 Å². The normalized spacial score (nSPS) is 16.8. The average Bonchev–Trinajstić information content (AvgIpc) is 3.12. The van der Waals surface area contributed by atoms with Crippen LogP contribution in [-0.2, 0) is 31.3 Å². The van der Waals surface area contributed by atoms with Gasteiger partial charge >= 0.3 is 17.9 Å². The number of ether oxygens (including phenoxy) is 2. The van der Waals surface area contributed by atoms with Crippen LogP contribution in [-0.4, -0.2) is 59.3 Å². The number of carboxylic acids is 2. The van der Waals surface area contributed by atoms with E-state index in [0.717, 1.165) is 36.1 Å². The molecule has 2 aromatic carbocycles. The van der Waals surface area contributed by atoms with Crippen LogP contribution in [0.2, 0.25) is 0 Å². The van der Waals surface area contributed by atoms with Gasteiger partial charge in [-0.2, -0.15) is 0 Å². The SMILES string of the molecule is CN(C)CCCC1(c2ccc(F)cc2)OCc2cc(C(=O)OC(C)(C)C)ccc21.O=C(O)C(=O)O. The Kier molecular flexibility index (Phi) is 9.12. The van der Waals surface area contributed by atoms with E-state index in [1.54, 1.807) is 18.2 Å². The van der Waals surface area contributed by atoms with Gasteiger partial charge in [-0.25, -0.2) is 18.8 Å². The molecule has 0 fully saturated rings. The molecule has 190 valence electrons. The number of esters is 1. The summed E-state index contributed by atoms with van der Waals surface area (Å²) < 4.78 is 25.4. The van der Waals surface area contributed by atoms with Crippen molar-refractivity contribution in [3.05, 3.63) is 70.5 Å². The van der Waals surface area contributed by atoms with Crippen LogP contribution in [0.5, 0.6) is 0 Å². The molecule has 1 atom stereocenters. The summed E-state index contributed by atoms with van der Waals surface area (Å²) in [6.45, 7) is 6.89. The van der Waals surface area contributed by atoms with E-state index in [1.165, 1.54) is 12.1 Å². The number of benzene rings is 2. The molecule has 0 amide bonds. The van der Waals surface area contributed by atoms with Crippen LogP contribution >= 0.6 is 0 Å². The van der Waals surface area contributed by atoms with Gasteiger partial charge in [-0.05, 0) is 95.2 Å². The van der Waals surface area contributed by atoms with E-state index in [0.29, 0.717) is 12.2 Å². The van der Waals surface area contributed by atoms with E-state index in [9.17, 15) is 9.18 Å². The van der Waals surface area contributed by atoms with Gasteiger partial charge in [0.1, 0.15) is 17.0 Å². The molecule has 0 aliphatic carbocycles. The second-order valence-electron chi connectivity index (χ2n) is 9.51. The second-order valence-corrected chi connectivity index (χ2v) is 9.51. The number of carbonyl (C=O) groups is 3. The summed E-state index contributed by atoms with van der Waals surface area (Å²) in [5, 5.41) is 14.8. The smallest absolute Gasteiger partial charge is 0.414 e. The zero-order chi connectivity index (χ0) is 26.4. The van der Waals surface area contributed by atoms with E-state index in [2.05, 4.69) is 4.90 Å². The predicted molar refractivity (Wildman–Crippen MR) is 127 cm³/mol. The Labute approximate surface area is 204 Å². The molecule has 2 aromatic rings. The molecule has 0 spiro atoms. The lowest BCUT2D eigenvalue weighted by atomic mass is 9.81. The fourth-order valence-electron chi connectivity index (χ4n) is 3.80. The average molecular weight is 490 g/mol. The Hall–Kier alpha value is -3.30. The van der Waals surface area contributed by atoms with Crippen molar-refractivity contribution in [3.8, 4) is 0 Å². The zero-order valence-electron chi connectivity index (χ0n) is 20.6. The fourth-order valence-corrected chi connectivity index (χ4v) is 3.80. The van der Waals surface area contributed by atoms with Crippen LogP contribution in [0.25, 0.3) is 0 Å². The maximum absolute atomic E-state index is 13.5. The van der Waals surface area contributed by atoms with Crippen LogP contribution in [0, 0.1) is 5.82 Å². The summed E-state index contributed by atoms with van der Waals surface area (Å²) in [5.74, 6) is -4.26. The van der Waals surface area contributed by atoms with Crippen molar-refractivity contribution in [3.63, 3.8) is 0 Å². The summed E-state index contributed by atoms with van der Waals surface area (Å²) in [7, 11) is 4.09. The van der Waals surface area contributed by atoms with Gasteiger partial charge in [0.15, 0.2) is 0 Å². The lowest BCUT2D eigenvalue weighted by Gasteiger charge is -2.31. The molecule has 1 heterocycles.